The zero-order valence-electron chi connectivity index (χ0n) is 8.54. The second-order valence-electron chi connectivity index (χ2n) is 4.75. The van der Waals surface area contributed by atoms with Gasteiger partial charge in [-0.15, -0.1) is 0 Å². The molecule has 1 heterocycles. The highest BCUT2D eigenvalue weighted by Crippen LogP contribution is 2.32. The largest absolute Gasteiger partial charge is 0.330 e. The smallest absolute Gasteiger partial charge is 0.00156 e. The lowest BCUT2D eigenvalue weighted by Crippen LogP contribution is -2.36. The van der Waals surface area contributed by atoms with Gasteiger partial charge in [0.25, 0.3) is 0 Å². The molecule has 2 aliphatic rings. The summed E-state index contributed by atoms with van der Waals surface area (Å²) in [6.07, 6.45) is 7.12. The normalized spacial score (nSPS) is 26.5. The first-order valence-corrected chi connectivity index (χ1v) is 5.81. The Morgan fingerprint density at radius 3 is 2.23 bits per heavy atom. The van der Waals surface area contributed by atoms with Crippen LogP contribution in [0.2, 0.25) is 0 Å². The summed E-state index contributed by atoms with van der Waals surface area (Å²) in [5.41, 5.74) is 5.66. The monoisotopic (exact) mass is 182 g/mol. The molecule has 13 heavy (non-hydrogen) atoms. The topological polar surface area (TPSA) is 29.3 Å². The standard InChI is InChI=1S/C11H22N2/c12-9-11-4-7-13(8-5-11)6-3-10-1-2-10/h10-11H,1-9,12H2. The Labute approximate surface area is 81.5 Å². The van der Waals surface area contributed by atoms with E-state index < -0.39 is 0 Å². The summed E-state index contributed by atoms with van der Waals surface area (Å²) in [4.78, 5) is 2.63. The Kier molecular flexibility index (Phi) is 3.23. The van der Waals surface area contributed by atoms with E-state index in [1.54, 1.807) is 0 Å². The van der Waals surface area contributed by atoms with Gasteiger partial charge in [-0.1, -0.05) is 12.8 Å². The van der Waals surface area contributed by atoms with E-state index in [2.05, 4.69) is 4.90 Å². The van der Waals surface area contributed by atoms with Gasteiger partial charge in [0.2, 0.25) is 0 Å². The van der Waals surface area contributed by atoms with Crippen LogP contribution in [0.5, 0.6) is 0 Å². The lowest BCUT2D eigenvalue weighted by molar-refractivity contribution is 0.183. The first-order chi connectivity index (χ1) is 6.38. The third-order valence-electron chi connectivity index (χ3n) is 3.59. The van der Waals surface area contributed by atoms with Crippen LogP contribution in [0, 0.1) is 11.8 Å². The molecule has 0 atom stereocenters. The molecule has 0 aromatic carbocycles. The fraction of sp³-hybridized carbons (Fsp3) is 1.00. The Hall–Kier alpha value is -0.0800. The van der Waals surface area contributed by atoms with Crippen molar-refractivity contribution in [1.29, 1.82) is 0 Å². The molecular formula is C11H22N2. The van der Waals surface area contributed by atoms with Crippen molar-refractivity contribution in [3.63, 3.8) is 0 Å². The van der Waals surface area contributed by atoms with Crippen LogP contribution in [0.1, 0.15) is 32.1 Å². The van der Waals surface area contributed by atoms with Gasteiger partial charge in [0.1, 0.15) is 0 Å². The molecule has 76 valence electrons. The van der Waals surface area contributed by atoms with Gasteiger partial charge in [0.05, 0.1) is 0 Å². The highest BCUT2D eigenvalue weighted by atomic mass is 15.1. The minimum atomic E-state index is 0.817. The molecule has 0 aromatic rings. The van der Waals surface area contributed by atoms with Crippen molar-refractivity contribution in [3.8, 4) is 0 Å². The first kappa shape index (κ1) is 9.47. The van der Waals surface area contributed by atoms with Crippen LogP contribution in [0.4, 0.5) is 0 Å². The zero-order valence-corrected chi connectivity index (χ0v) is 8.54. The average molecular weight is 182 g/mol. The molecule has 2 rings (SSSR count). The fourth-order valence-electron chi connectivity index (χ4n) is 2.22. The highest BCUT2D eigenvalue weighted by Gasteiger charge is 2.23. The molecule has 0 unspecified atom stereocenters. The van der Waals surface area contributed by atoms with E-state index in [1.807, 2.05) is 0 Å². The van der Waals surface area contributed by atoms with Gasteiger partial charge >= 0.3 is 0 Å². The summed E-state index contributed by atoms with van der Waals surface area (Å²) in [6, 6.07) is 0. The number of piperidine rings is 1. The van der Waals surface area contributed by atoms with E-state index in [-0.39, 0.29) is 0 Å². The third kappa shape index (κ3) is 2.96. The first-order valence-electron chi connectivity index (χ1n) is 5.81. The summed E-state index contributed by atoms with van der Waals surface area (Å²) in [7, 11) is 0. The van der Waals surface area contributed by atoms with Crippen LogP contribution >= 0.6 is 0 Å². The summed E-state index contributed by atoms with van der Waals surface area (Å²) >= 11 is 0. The van der Waals surface area contributed by atoms with E-state index >= 15 is 0 Å². The summed E-state index contributed by atoms with van der Waals surface area (Å²) in [5.74, 6) is 1.91. The molecule has 0 amide bonds. The highest BCUT2D eigenvalue weighted by molar-refractivity contribution is 4.77. The van der Waals surface area contributed by atoms with Crippen molar-refractivity contribution in [1.82, 2.24) is 4.90 Å². The zero-order chi connectivity index (χ0) is 9.10. The quantitative estimate of drug-likeness (QED) is 0.713. The summed E-state index contributed by atoms with van der Waals surface area (Å²) < 4.78 is 0. The molecule has 1 aliphatic carbocycles. The maximum Gasteiger partial charge on any atom is -0.00156 e. The van der Waals surface area contributed by atoms with Crippen molar-refractivity contribution < 1.29 is 0 Å². The Morgan fingerprint density at radius 1 is 1.00 bits per heavy atom. The van der Waals surface area contributed by atoms with Crippen LogP contribution < -0.4 is 5.73 Å². The van der Waals surface area contributed by atoms with Crippen molar-refractivity contribution in [2.45, 2.75) is 32.1 Å². The van der Waals surface area contributed by atoms with E-state index in [4.69, 9.17) is 5.73 Å². The number of nitrogens with zero attached hydrogens (tertiary/aromatic N) is 1. The summed E-state index contributed by atoms with van der Waals surface area (Å²) in [6.45, 7) is 4.85. The SMILES string of the molecule is NCC1CCN(CCC2CC2)CC1. The minimum Gasteiger partial charge on any atom is -0.330 e. The third-order valence-corrected chi connectivity index (χ3v) is 3.59. The Bertz CT molecular complexity index is 146. The van der Waals surface area contributed by atoms with Crippen molar-refractivity contribution in [3.05, 3.63) is 0 Å². The molecule has 1 saturated heterocycles. The van der Waals surface area contributed by atoms with Crippen molar-refractivity contribution in [2.75, 3.05) is 26.2 Å². The maximum absolute atomic E-state index is 5.66. The maximum atomic E-state index is 5.66. The average Bonchev–Trinajstić information content (AvgIpc) is 2.99. The Balaban J connectivity index is 1.59. The second kappa shape index (κ2) is 4.43. The van der Waals surface area contributed by atoms with Gasteiger partial charge in [-0.3, -0.25) is 0 Å². The van der Waals surface area contributed by atoms with Gasteiger partial charge in [-0.2, -0.15) is 0 Å². The molecule has 2 nitrogen and oxygen atoms in total. The molecule has 2 fully saturated rings. The van der Waals surface area contributed by atoms with E-state index in [1.165, 1.54) is 51.7 Å². The predicted octanol–water partition coefficient (Wildman–Crippen LogP) is 1.46. The molecule has 0 spiro atoms. The van der Waals surface area contributed by atoms with E-state index in [9.17, 15) is 0 Å². The van der Waals surface area contributed by atoms with Crippen LogP contribution in [0.15, 0.2) is 0 Å². The van der Waals surface area contributed by atoms with Crippen molar-refractivity contribution in [2.24, 2.45) is 17.6 Å². The number of hydrogen-bond acceptors (Lipinski definition) is 2. The molecule has 2 heteroatoms. The second-order valence-corrected chi connectivity index (χ2v) is 4.75. The van der Waals surface area contributed by atoms with Crippen LogP contribution in [-0.2, 0) is 0 Å². The Morgan fingerprint density at radius 2 is 1.69 bits per heavy atom. The molecule has 0 bridgehead atoms. The fourth-order valence-corrected chi connectivity index (χ4v) is 2.22. The van der Waals surface area contributed by atoms with Gasteiger partial charge in [0, 0.05) is 0 Å². The van der Waals surface area contributed by atoms with Crippen LogP contribution in [-0.4, -0.2) is 31.1 Å². The molecular weight excluding hydrogens is 160 g/mol. The van der Waals surface area contributed by atoms with Crippen LogP contribution in [0.25, 0.3) is 0 Å². The lowest BCUT2D eigenvalue weighted by atomic mass is 9.97. The van der Waals surface area contributed by atoms with E-state index in [0.29, 0.717) is 0 Å². The summed E-state index contributed by atoms with van der Waals surface area (Å²) in [5, 5.41) is 0. The van der Waals surface area contributed by atoms with E-state index in [0.717, 1.165) is 18.4 Å². The molecule has 1 saturated carbocycles. The molecule has 1 aliphatic heterocycles. The predicted molar refractivity (Wildman–Crippen MR) is 55.6 cm³/mol. The van der Waals surface area contributed by atoms with Crippen LogP contribution in [0.3, 0.4) is 0 Å². The minimum absolute atomic E-state index is 0.817. The van der Waals surface area contributed by atoms with Gasteiger partial charge < -0.3 is 10.6 Å². The molecule has 0 aromatic heterocycles. The number of likely N-dealkylation sites (tertiary alicyclic amines) is 1. The van der Waals surface area contributed by atoms with Gasteiger partial charge in [-0.05, 0) is 57.3 Å². The lowest BCUT2D eigenvalue weighted by Gasteiger charge is -2.31. The molecule has 0 radical (unpaired) electrons. The molecule has 2 N–H and O–H groups in total. The van der Waals surface area contributed by atoms with Gasteiger partial charge in [-0.25, -0.2) is 0 Å². The number of nitrogens with two attached hydrogens (primary N) is 1. The number of hydrogen-bond donors (Lipinski definition) is 1. The van der Waals surface area contributed by atoms with Gasteiger partial charge in [0.15, 0.2) is 0 Å². The van der Waals surface area contributed by atoms with Crippen molar-refractivity contribution >= 4 is 0 Å². The number of rotatable bonds is 4.